The molecule has 21 heavy (non-hydrogen) atoms. The van der Waals surface area contributed by atoms with E-state index in [4.69, 9.17) is 4.74 Å². The van der Waals surface area contributed by atoms with E-state index in [0.29, 0.717) is 24.8 Å². The molecule has 1 unspecified atom stereocenters. The molecule has 0 spiro atoms. The molecule has 0 aliphatic carbocycles. The Kier molecular flexibility index (Phi) is 4.00. The molecule has 0 saturated heterocycles. The average Bonchev–Trinajstić information content (AvgIpc) is 2.54. The number of anilines is 1. The molecule has 2 heterocycles. The number of carbonyl (C=O) groups excluding carboxylic acids is 1. The molecule has 0 saturated carbocycles. The first-order valence-corrected chi connectivity index (χ1v) is 6.97. The van der Waals surface area contributed by atoms with Crippen molar-refractivity contribution in [1.29, 1.82) is 0 Å². The van der Waals surface area contributed by atoms with Crippen LogP contribution in [0.4, 0.5) is 10.5 Å². The van der Waals surface area contributed by atoms with E-state index in [0.717, 1.165) is 12.2 Å². The van der Waals surface area contributed by atoms with Gasteiger partial charge in [-0.1, -0.05) is 18.2 Å². The highest BCUT2D eigenvalue weighted by molar-refractivity contribution is 5.88. The first kappa shape index (κ1) is 13.4. The van der Waals surface area contributed by atoms with Crippen LogP contribution in [0.25, 0.3) is 0 Å². The molecule has 1 aromatic heterocycles. The van der Waals surface area contributed by atoms with Gasteiger partial charge in [0.25, 0.3) is 0 Å². The van der Waals surface area contributed by atoms with Crippen molar-refractivity contribution in [1.82, 2.24) is 10.3 Å². The van der Waals surface area contributed by atoms with Gasteiger partial charge in [-0.05, 0) is 30.2 Å². The predicted octanol–water partition coefficient (Wildman–Crippen LogP) is 2.45. The number of urea groups is 1. The number of fused-ring (bicyclic) bond motifs is 1. The second-order valence-electron chi connectivity index (χ2n) is 5.07. The largest absolute Gasteiger partial charge is 0.493 e. The molecule has 108 valence electrons. The van der Waals surface area contributed by atoms with Gasteiger partial charge in [0.05, 0.1) is 18.5 Å². The lowest BCUT2D eigenvalue weighted by atomic mass is 9.97. The van der Waals surface area contributed by atoms with Crippen molar-refractivity contribution in [2.24, 2.45) is 5.92 Å². The number of ether oxygens (including phenoxy) is 1. The number of aromatic nitrogens is 1. The van der Waals surface area contributed by atoms with Crippen LogP contribution in [0.1, 0.15) is 5.56 Å². The van der Waals surface area contributed by atoms with E-state index in [1.54, 1.807) is 24.5 Å². The number of pyridine rings is 1. The minimum Gasteiger partial charge on any atom is -0.493 e. The van der Waals surface area contributed by atoms with Crippen LogP contribution in [0, 0.1) is 5.92 Å². The highest BCUT2D eigenvalue weighted by atomic mass is 16.5. The second kappa shape index (κ2) is 6.26. The van der Waals surface area contributed by atoms with Crippen molar-refractivity contribution in [3.8, 4) is 5.75 Å². The summed E-state index contributed by atoms with van der Waals surface area (Å²) in [7, 11) is 0. The summed E-state index contributed by atoms with van der Waals surface area (Å²) < 4.78 is 5.70. The molecule has 2 amide bonds. The molecule has 1 aromatic carbocycles. The number of carbonyl (C=O) groups is 1. The summed E-state index contributed by atoms with van der Waals surface area (Å²) in [6, 6.07) is 11.4. The third kappa shape index (κ3) is 3.51. The molecule has 5 heteroatoms. The molecule has 1 atom stereocenters. The van der Waals surface area contributed by atoms with Gasteiger partial charge < -0.3 is 15.4 Å². The number of amides is 2. The third-order valence-electron chi connectivity index (χ3n) is 3.43. The number of benzene rings is 1. The Hall–Kier alpha value is -2.56. The maximum absolute atomic E-state index is 11.8. The highest BCUT2D eigenvalue weighted by Gasteiger charge is 2.19. The van der Waals surface area contributed by atoms with Gasteiger partial charge in [0.15, 0.2) is 0 Å². The molecular formula is C16H17N3O2. The van der Waals surface area contributed by atoms with Crippen molar-refractivity contribution in [3.05, 3.63) is 54.4 Å². The molecule has 2 aromatic rings. The van der Waals surface area contributed by atoms with Crippen LogP contribution >= 0.6 is 0 Å². The Labute approximate surface area is 123 Å². The minimum atomic E-state index is -0.221. The van der Waals surface area contributed by atoms with Crippen molar-refractivity contribution in [2.45, 2.75) is 6.42 Å². The van der Waals surface area contributed by atoms with Gasteiger partial charge in [-0.3, -0.25) is 4.98 Å². The van der Waals surface area contributed by atoms with Gasteiger partial charge in [0.2, 0.25) is 0 Å². The summed E-state index contributed by atoms with van der Waals surface area (Å²) in [5, 5.41) is 5.62. The number of rotatable bonds is 3. The number of nitrogens with one attached hydrogen (secondary N) is 2. The third-order valence-corrected chi connectivity index (χ3v) is 3.43. The lowest BCUT2D eigenvalue weighted by Gasteiger charge is -2.25. The monoisotopic (exact) mass is 283 g/mol. The van der Waals surface area contributed by atoms with Gasteiger partial charge in [-0.25, -0.2) is 4.79 Å². The number of hydrogen-bond donors (Lipinski definition) is 2. The lowest BCUT2D eigenvalue weighted by Crippen LogP contribution is -2.37. The lowest BCUT2D eigenvalue weighted by molar-refractivity contribution is 0.215. The fraction of sp³-hybridized carbons (Fsp3) is 0.250. The summed E-state index contributed by atoms with van der Waals surface area (Å²) in [6.45, 7) is 1.21. The Morgan fingerprint density at radius 1 is 1.29 bits per heavy atom. The Morgan fingerprint density at radius 3 is 3.05 bits per heavy atom. The molecule has 2 N–H and O–H groups in total. The zero-order valence-electron chi connectivity index (χ0n) is 11.6. The number of para-hydroxylation sites is 1. The van der Waals surface area contributed by atoms with Crippen LogP contribution in [0.15, 0.2) is 48.8 Å². The summed E-state index contributed by atoms with van der Waals surface area (Å²) in [6.07, 6.45) is 4.20. The number of nitrogens with zero attached hydrogens (tertiary/aromatic N) is 1. The van der Waals surface area contributed by atoms with Crippen LogP contribution in [-0.4, -0.2) is 24.2 Å². The van der Waals surface area contributed by atoms with Crippen molar-refractivity contribution >= 4 is 11.7 Å². The van der Waals surface area contributed by atoms with Crippen molar-refractivity contribution in [2.75, 3.05) is 18.5 Å². The van der Waals surface area contributed by atoms with Gasteiger partial charge >= 0.3 is 6.03 Å². The fourth-order valence-corrected chi connectivity index (χ4v) is 2.37. The van der Waals surface area contributed by atoms with Gasteiger partial charge in [-0.2, -0.15) is 0 Å². The SMILES string of the molecule is O=C(NCC1COc2ccccc2C1)Nc1cccnc1. The van der Waals surface area contributed by atoms with Crippen LogP contribution in [0.3, 0.4) is 0 Å². The van der Waals surface area contributed by atoms with E-state index >= 15 is 0 Å². The smallest absolute Gasteiger partial charge is 0.319 e. The maximum Gasteiger partial charge on any atom is 0.319 e. The summed E-state index contributed by atoms with van der Waals surface area (Å²) in [4.78, 5) is 15.8. The van der Waals surface area contributed by atoms with Gasteiger partial charge in [-0.15, -0.1) is 0 Å². The predicted molar refractivity (Wildman–Crippen MR) is 80.4 cm³/mol. The first-order chi connectivity index (χ1) is 10.3. The van der Waals surface area contributed by atoms with E-state index in [2.05, 4.69) is 21.7 Å². The summed E-state index contributed by atoms with van der Waals surface area (Å²) >= 11 is 0. The van der Waals surface area contributed by atoms with Crippen LogP contribution in [0.5, 0.6) is 5.75 Å². The standard InChI is InChI=1S/C16H17N3O2/c20-16(19-14-5-3-7-17-10-14)18-9-12-8-13-4-1-2-6-15(13)21-11-12/h1-7,10,12H,8-9,11H2,(H2,18,19,20). The zero-order valence-corrected chi connectivity index (χ0v) is 11.6. The Bertz CT molecular complexity index is 616. The fourth-order valence-electron chi connectivity index (χ4n) is 2.37. The quantitative estimate of drug-likeness (QED) is 0.909. The van der Waals surface area contributed by atoms with Gasteiger partial charge in [0, 0.05) is 18.7 Å². The Morgan fingerprint density at radius 2 is 2.19 bits per heavy atom. The molecule has 3 rings (SSSR count). The maximum atomic E-state index is 11.8. The molecule has 0 bridgehead atoms. The van der Waals surface area contributed by atoms with E-state index in [1.807, 2.05) is 18.2 Å². The topological polar surface area (TPSA) is 63.2 Å². The van der Waals surface area contributed by atoms with Crippen LogP contribution < -0.4 is 15.4 Å². The normalized spacial score (nSPS) is 16.5. The van der Waals surface area contributed by atoms with E-state index in [1.165, 1.54) is 5.56 Å². The van der Waals surface area contributed by atoms with E-state index < -0.39 is 0 Å². The van der Waals surface area contributed by atoms with Crippen molar-refractivity contribution in [3.63, 3.8) is 0 Å². The van der Waals surface area contributed by atoms with E-state index in [-0.39, 0.29) is 6.03 Å². The second-order valence-corrected chi connectivity index (χ2v) is 5.07. The Balaban J connectivity index is 1.49. The van der Waals surface area contributed by atoms with E-state index in [9.17, 15) is 4.79 Å². The zero-order chi connectivity index (χ0) is 14.5. The average molecular weight is 283 g/mol. The molecule has 1 aliphatic heterocycles. The molecule has 0 radical (unpaired) electrons. The minimum absolute atomic E-state index is 0.221. The first-order valence-electron chi connectivity index (χ1n) is 6.97. The molecule has 0 fully saturated rings. The van der Waals surface area contributed by atoms with Crippen LogP contribution in [0.2, 0.25) is 0 Å². The summed E-state index contributed by atoms with van der Waals surface area (Å²) in [5.41, 5.74) is 1.88. The molecule has 1 aliphatic rings. The molecule has 5 nitrogen and oxygen atoms in total. The van der Waals surface area contributed by atoms with Crippen molar-refractivity contribution < 1.29 is 9.53 Å². The van der Waals surface area contributed by atoms with Gasteiger partial charge in [0.1, 0.15) is 5.75 Å². The highest BCUT2D eigenvalue weighted by Crippen LogP contribution is 2.26. The van der Waals surface area contributed by atoms with Crippen LogP contribution in [-0.2, 0) is 6.42 Å². The number of hydrogen-bond acceptors (Lipinski definition) is 3. The summed E-state index contributed by atoms with van der Waals surface area (Å²) in [5.74, 6) is 1.24. The molecular weight excluding hydrogens is 266 g/mol.